The summed E-state index contributed by atoms with van der Waals surface area (Å²) in [7, 11) is 2.13. The summed E-state index contributed by atoms with van der Waals surface area (Å²) in [4.78, 5) is 13.2. The topological polar surface area (TPSA) is 34.0 Å². The first kappa shape index (κ1) is 18.4. The Morgan fingerprint density at radius 3 is 3.07 bits per heavy atom. The van der Waals surface area contributed by atoms with Gasteiger partial charge in [0.2, 0.25) is 0 Å². The molecule has 27 heavy (non-hydrogen) atoms. The molecule has 4 heterocycles. The molecule has 4 nitrogen and oxygen atoms in total. The van der Waals surface area contributed by atoms with E-state index in [1.54, 1.807) is 0 Å². The zero-order valence-corrected chi connectivity index (χ0v) is 17.4. The van der Waals surface area contributed by atoms with Crippen LogP contribution in [0, 0.1) is 6.92 Å². The first-order valence-electron chi connectivity index (χ1n) is 9.72. The summed E-state index contributed by atoms with van der Waals surface area (Å²) >= 11 is 1.83. The molecule has 1 aliphatic rings. The number of aryl methyl sites for hydroxylation is 2. The molecule has 0 spiro atoms. The molecule has 3 aromatic rings. The van der Waals surface area contributed by atoms with Crippen molar-refractivity contribution >= 4 is 22.4 Å². The highest BCUT2D eigenvalue weighted by Crippen LogP contribution is 2.33. The summed E-state index contributed by atoms with van der Waals surface area (Å²) in [5.74, 6) is 0.569. The van der Waals surface area contributed by atoms with Gasteiger partial charge in [-0.1, -0.05) is 12.2 Å². The van der Waals surface area contributed by atoms with Crippen LogP contribution in [-0.2, 0) is 20.0 Å². The molecular formula is C22H28N4S. The maximum Gasteiger partial charge on any atom is 0.0968 e. The smallest absolute Gasteiger partial charge is 0.0968 e. The van der Waals surface area contributed by atoms with Gasteiger partial charge < -0.3 is 4.57 Å². The largest absolute Gasteiger partial charge is 0.349 e. The molecule has 142 valence electrons. The summed E-state index contributed by atoms with van der Waals surface area (Å²) in [6, 6.07) is 4.43. The number of likely N-dealkylation sites (tertiary alicyclic amines) is 1. The van der Waals surface area contributed by atoms with Crippen LogP contribution in [0.2, 0.25) is 0 Å². The third-order valence-corrected chi connectivity index (χ3v) is 6.35. The highest BCUT2D eigenvalue weighted by molar-refractivity contribution is 7.11. The zero-order chi connectivity index (χ0) is 19.0. The average Bonchev–Trinajstić information content (AvgIpc) is 3.20. The van der Waals surface area contributed by atoms with E-state index in [4.69, 9.17) is 4.98 Å². The number of piperidine rings is 1. The van der Waals surface area contributed by atoms with E-state index in [9.17, 15) is 0 Å². The first-order valence-corrected chi connectivity index (χ1v) is 10.5. The summed E-state index contributed by atoms with van der Waals surface area (Å²) in [5, 5.41) is 1.18. The van der Waals surface area contributed by atoms with E-state index in [-0.39, 0.29) is 0 Å². The molecule has 0 aliphatic carbocycles. The maximum atomic E-state index is 4.72. The molecule has 1 atom stereocenters. The minimum atomic E-state index is 0.569. The number of nitrogens with zero attached hydrogens (tertiary/aromatic N) is 4. The van der Waals surface area contributed by atoms with E-state index >= 15 is 0 Å². The van der Waals surface area contributed by atoms with Crippen molar-refractivity contribution in [2.24, 2.45) is 7.05 Å². The van der Waals surface area contributed by atoms with E-state index in [0.29, 0.717) is 5.92 Å². The Morgan fingerprint density at radius 1 is 1.41 bits per heavy atom. The van der Waals surface area contributed by atoms with Crippen LogP contribution in [0.1, 0.15) is 46.8 Å². The van der Waals surface area contributed by atoms with Crippen LogP contribution in [0.25, 0.3) is 11.0 Å². The Morgan fingerprint density at radius 2 is 2.26 bits per heavy atom. The van der Waals surface area contributed by atoms with E-state index in [2.05, 4.69) is 66.5 Å². The van der Waals surface area contributed by atoms with Crippen molar-refractivity contribution in [3.05, 3.63) is 57.8 Å². The number of hydrogen-bond donors (Lipinski definition) is 0. The van der Waals surface area contributed by atoms with Gasteiger partial charge in [-0.3, -0.25) is 9.88 Å². The fraction of sp³-hybridized carbons (Fsp3) is 0.455. The van der Waals surface area contributed by atoms with Crippen LogP contribution in [0.3, 0.4) is 0 Å². The second-order valence-corrected chi connectivity index (χ2v) is 9.14. The number of thiazole rings is 1. The third kappa shape index (κ3) is 3.99. The normalized spacial score (nSPS) is 18.3. The number of aromatic nitrogens is 3. The van der Waals surface area contributed by atoms with E-state index in [1.165, 1.54) is 45.9 Å². The molecule has 0 saturated carbocycles. The highest BCUT2D eigenvalue weighted by Gasteiger charge is 2.24. The van der Waals surface area contributed by atoms with Gasteiger partial charge >= 0.3 is 0 Å². The number of allylic oxidation sites excluding steroid dienone is 1. The number of fused-ring (bicyclic) bond motifs is 1. The highest BCUT2D eigenvalue weighted by atomic mass is 32.1. The van der Waals surface area contributed by atoms with Crippen LogP contribution >= 0.6 is 11.3 Å². The average molecular weight is 381 g/mol. The molecule has 0 radical (unpaired) electrons. The van der Waals surface area contributed by atoms with Gasteiger partial charge in [0.05, 0.1) is 16.0 Å². The van der Waals surface area contributed by atoms with Crippen LogP contribution in [0.5, 0.6) is 0 Å². The zero-order valence-electron chi connectivity index (χ0n) is 16.5. The summed E-state index contributed by atoms with van der Waals surface area (Å²) < 4.78 is 2.23. The second-order valence-electron chi connectivity index (χ2n) is 7.94. The quantitative estimate of drug-likeness (QED) is 0.594. The summed E-state index contributed by atoms with van der Waals surface area (Å²) in [6.45, 7) is 11.5. The predicted octanol–water partition coefficient (Wildman–Crippen LogP) is 4.84. The Labute approximate surface area is 165 Å². The Hall–Kier alpha value is -1.98. The molecule has 4 rings (SSSR count). The Balaban J connectivity index is 1.53. The lowest BCUT2D eigenvalue weighted by molar-refractivity contribution is 0.202. The number of pyridine rings is 1. The second kappa shape index (κ2) is 7.56. The van der Waals surface area contributed by atoms with Gasteiger partial charge in [-0.25, -0.2) is 4.98 Å². The minimum Gasteiger partial charge on any atom is -0.349 e. The van der Waals surface area contributed by atoms with Crippen LogP contribution in [0.15, 0.2) is 36.7 Å². The van der Waals surface area contributed by atoms with Gasteiger partial charge in [0, 0.05) is 49.5 Å². The van der Waals surface area contributed by atoms with Crippen LogP contribution in [0.4, 0.5) is 0 Å². The SMILES string of the molecule is C=C(C)Cc1ncc(CN2CCCC(c3cc(C)nc4ccn(C)c34)C2)s1. The van der Waals surface area contributed by atoms with Gasteiger partial charge in [-0.2, -0.15) is 0 Å². The molecule has 1 unspecified atom stereocenters. The van der Waals surface area contributed by atoms with Gasteiger partial charge in [0.15, 0.2) is 0 Å². The van der Waals surface area contributed by atoms with Gasteiger partial charge in [-0.15, -0.1) is 11.3 Å². The van der Waals surface area contributed by atoms with Crippen molar-refractivity contribution < 1.29 is 0 Å². The van der Waals surface area contributed by atoms with Crippen LogP contribution < -0.4 is 0 Å². The van der Waals surface area contributed by atoms with Crippen molar-refractivity contribution in [1.82, 2.24) is 19.4 Å². The van der Waals surface area contributed by atoms with E-state index in [0.717, 1.165) is 30.7 Å². The molecule has 1 aliphatic heterocycles. The van der Waals surface area contributed by atoms with Crippen molar-refractivity contribution in [2.45, 2.75) is 45.6 Å². The third-order valence-electron chi connectivity index (χ3n) is 5.37. The fourth-order valence-corrected chi connectivity index (χ4v) is 5.30. The predicted molar refractivity (Wildman–Crippen MR) is 113 cm³/mol. The molecule has 0 N–H and O–H groups in total. The molecule has 0 aromatic carbocycles. The van der Waals surface area contributed by atoms with E-state index in [1.807, 2.05) is 11.3 Å². The molecule has 5 heteroatoms. The molecule has 1 saturated heterocycles. The molecule has 0 amide bonds. The van der Waals surface area contributed by atoms with Gasteiger partial charge in [0.25, 0.3) is 0 Å². The van der Waals surface area contributed by atoms with Crippen LogP contribution in [-0.4, -0.2) is 32.5 Å². The van der Waals surface area contributed by atoms with Crippen molar-refractivity contribution in [2.75, 3.05) is 13.1 Å². The van der Waals surface area contributed by atoms with E-state index < -0.39 is 0 Å². The fourth-order valence-electron chi connectivity index (χ4n) is 4.22. The lowest BCUT2D eigenvalue weighted by Gasteiger charge is -2.33. The Bertz CT molecular complexity index is 968. The Kier molecular flexibility index (Phi) is 5.15. The van der Waals surface area contributed by atoms with Crippen molar-refractivity contribution in [3.63, 3.8) is 0 Å². The standard InChI is InChI=1S/C22H28N4S/c1-15(2)10-21-23-12-18(27-21)14-26-8-5-6-17(13-26)19-11-16(3)24-20-7-9-25(4)22(19)20/h7,9,11-12,17H,1,5-6,8,10,13-14H2,2-4H3. The lowest BCUT2D eigenvalue weighted by Crippen LogP contribution is -2.33. The molecule has 1 fully saturated rings. The molecule has 0 bridgehead atoms. The summed E-state index contributed by atoms with van der Waals surface area (Å²) in [5.41, 5.74) is 6.17. The lowest BCUT2D eigenvalue weighted by atomic mass is 9.89. The maximum absolute atomic E-state index is 4.72. The summed E-state index contributed by atoms with van der Waals surface area (Å²) in [6.07, 6.45) is 7.58. The molecular weight excluding hydrogens is 352 g/mol. The number of hydrogen-bond acceptors (Lipinski definition) is 4. The number of rotatable bonds is 5. The molecule has 3 aromatic heterocycles. The van der Waals surface area contributed by atoms with Gasteiger partial charge in [0.1, 0.15) is 0 Å². The minimum absolute atomic E-state index is 0.569. The van der Waals surface area contributed by atoms with Crippen molar-refractivity contribution in [3.8, 4) is 0 Å². The first-order chi connectivity index (χ1) is 13.0. The monoisotopic (exact) mass is 380 g/mol. The van der Waals surface area contributed by atoms with Crippen molar-refractivity contribution in [1.29, 1.82) is 0 Å². The van der Waals surface area contributed by atoms with Gasteiger partial charge in [-0.05, 0) is 56.8 Å².